The molecule has 1 aliphatic heterocycles. The van der Waals surface area contributed by atoms with Crippen molar-refractivity contribution in [1.82, 2.24) is 10.6 Å². The number of carbonyl (C=O) groups excluding carboxylic acids is 2. The van der Waals surface area contributed by atoms with E-state index in [2.05, 4.69) is 5.32 Å². The van der Waals surface area contributed by atoms with Crippen LogP contribution in [-0.4, -0.2) is 37.2 Å². The second kappa shape index (κ2) is 5.67. The molecule has 0 saturated carbocycles. The first-order valence-corrected chi connectivity index (χ1v) is 5.06. The third-order valence-corrected chi connectivity index (χ3v) is 2.30. The number of amides is 3. The molecule has 3 amide bonds. The Morgan fingerprint density at radius 3 is 2.60 bits per heavy atom. The predicted molar refractivity (Wildman–Crippen MR) is 54.2 cm³/mol. The highest BCUT2D eigenvalue weighted by Gasteiger charge is 2.21. The van der Waals surface area contributed by atoms with Crippen LogP contribution in [-0.2, 0) is 9.53 Å². The molecule has 0 spiro atoms. The van der Waals surface area contributed by atoms with Gasteiger partial charge in [-0.2, -0.15) is 0 Å². The summed E-state index contributed by atoms with van der Waals surface area (Å²) in [5, 5.41) is 5.19. The first-order chi connectivity index (χ1) is 7.09. The van der Waals surface area contributed by atoms with Gasteiger partial charge in [-0.25, -0.2) is 4.79 Å². The second-order valence-electron chi connectivity index (χ2n) is 3.58. The molecule has 6 heteroatoms. The maximum atomic E-state index is 11.3. The summed E-state index contributed by atoms with van der Waals surface area (Å²) in [7, 11) is 0. The van der Waals surface area contributed by atoms with Crippen LogP contribution in [0.5, 0.6) is 0 Å². The number of nitrogens with one attached hydrogen (secondary N) is 2. The van der Waals surface area contributed by atoms with Crippen molar-refractivity contribution in [2.75, 3.05) is 13.1 Å². The van der Waals surface area contributed by atoms with Crippen molar-refractivity contribution in [3.05, 3.63) is 0 Å². The van der Waals surface area contributed by atoms with Crippen molar-refractivity contribution in [2.24, 2.45) is 5.73 Å². The summed E-state index contributed by atoms with van der Waals surface area (Å²) < 4.78 is 5.49. The fourth-order valence-electron chi connectivity index (χ4n) is 1.51. The summed E-state index contributed by atoms with van der Waals surface area (Å²) in [6.45, 7) is 3.41. The summed E-state index contributed by atoms with van der Waals surface area (Å²) in [4.78, 5) is 21.7. The van der Waals surface area contributed by atoms with E-state index in [4.69, 9.17) is 10.5 Å². The maximum absolute atomic E-state index is 11.3. The van der Waals surface area contributed by atoms with Crippen LogP contribution >= 0.6 is 0 Å². The lowest BCUT2D eigenvalue weighted by atomic mass is 10.1. The number of urea groups is 1. The molecule has 0 aromatic rings. The van der Waals surface area contributed by atoms with Gasteiger partial charge in [0.2, 0.25) is 0 Å². The van der Waals surface area contributed by atoms with Crippen LogP contribution in [0.25, 0.3) is 0 Å². The highest BCUT2D eigenvalue weighted by molar-refractivity contribution is 5.95. The van der Waals surface area contributed by atoms with E-state index in [1.165, 1.54) is 0 Å². The standard InChI is InChI=1S/C9H17N3O3/c1-6(8(13)12-9(10)14)15-7-2-4-11-5-3-7/h6-7,11H,2-5H2,1H3,(H3,10,12,13,14). The summed E-state index contributed by atoms with van der Waals surface area (Å²) >= 11 is 0. The van der Waals surface area contributed by atoms with Crippen LogP contribution in [0.15, 0.2) is 0 Å². The first kappa shape index (κ1) is 11.9. The van der Waals surface area contributed by atoms with E-state index in [0.29, 0.717) is 0 Å². The number of nitrogens with two attached hydrogens (primary N) is 1. The molecule has 86 valence electrons. The molecule has 0 aliphatic carbocycles. The van der Waals surface area contributed by atoms with E-state index in [-0.39, 0.29) is 6.10 Å². The molecule has 1 aliphatic rings. The second-order valence-corrected chi connectivity index (χ2v) is 3.58. The van der Waals surface area contributed by atoms with Gasteiger partial charge in [0.25, 0.3) is 5.91 Å². The molecule has 0 aromatic carbocycles. The van der Waals surface area contributed by atoms with Crippen molar-refractivity contribution in [1.29, 1.82) is 0 Å². The van der Waals surface area contributed by atoms with E-state index >= 15 is 0 Å². The molecule has 4 N–H and O–H groups in total. The zero-order valence-corrected chi connectivity index (χ0v) is 8.79. The number of hydrogen-bond donors (Lipinski definition) is 3. The average Bonchev–Trinajstić information content (AvgIpc) is 2.18. The van der Waals surface area contributed by atoms with Crippen LogP contribution < -0.4 is 16.4 Å². The molecule has 1 saturated heterocycles. The molecule has 1 unspecified atom stereocenters. The van der Waals surface area contributed by atoms with Gasteiger partial charge in [-0.1, -0.05) is 0 Å². The quantitative estimate of drug-likeness (QED) is 0.582. The van der Waals surface area contributed by atoms with Gasteiger partial charge in [0.15, 0.2) is 0 Å². The van der Waals surface area contributed by atoms with Crippen molar-refractivity contribution in [3.63, 3.8) is 0 Å². The number of rotatable bonds is 3. The van der Waals surface area contributed by atoms with Gasteiger partial charge >= 0.3 is 6.03 Å². The fraction of sp³-hybridized carbons (Fsp3) is 0.778. The van der Waals surface area contributed by atoms with E-state index in [9.17, 15) is 9.59 Å². The number of hydrogen-bond acceptors (Lipinski definition) is 4. The Bertz CT molecular complexity index is 239. The van der Waals surface area contributed by atoms with E-state index in [1.807, 2.05) is 5.32 Å². The molecular weight excluding hydrogens is 198 g/mol. The Morgan fingerprint density at radius 1 is 1.47 bits per heavy atom. The SMILES string of the molecule is CC(OC1CCNCC1)C(=O)NC(N)=O. The molecule has 0 radical (unpaired) electrons. The largest absolute Gasteiger partial charge is 0.365 e. The Hall–Kier alpha value is -1.14. The molecule has 15 heavy (non-hydrogen) atoms. The minimum atomic E-state index is -0.847. The van der Waals surface area contributed by atoms with Crippen LogP contribution in [0, 0.1) is 0 Å². The molecule has 0 aromatic heterocycles. The predicted octanol–water partition coefficient (Wildman–Crippen LogP) is -0.662. The maximum Gasteiger partial charge on any atom is 0.318 e. The van der Waals surface area contributed by atoms with Gasteiger partial charge in [-0.3, -0.25) is 10.1 Å². The van der Waals surface area contributed by atoms with Gasteiger partial charge in [0.05, 0.1) is 6.10 Å². The van der Waals surface area contributed by atoms with Gasteiger partial charge < -0.3 is 15.8 Å². The van der Waals surface area contributed by atoms with Gasteiger partial charge in [-0.05, 0) is 32.9 Å². The number of ether oxygens (including phenoxy) is 1. The Balaban J connectivity index is 2.29. The van der Waals surface area contributed by atoms with Crippen LogP contribution in [0.4, 0.5) is 4.79 Å². The van der Waals surface area contributed by atoms with E-state index in [1.54, 1.807) is 6.92 Å². The normalized spacial score (nSPS) is 19.5. The average molecular weight is 215 g/mol. The Kier molecular flexibility index (Phi) is 4.51. The van der Waals surface area contributed by atoms with Crippen molar-refractivity contribution >= 4 is 11.9 Å². The van der Waals surface area contributed by atoms with Gasteiger partial charge in [-0.15, -0.1) is 0 Å². The molecule has 1 fully saturated rings. The third kappa shape index (κ3) is 4.26. The van der Waals surface area contributed by atoms with Gasteiger partial charge in [0.1, 0.15) is 6.10 Å². The van der Waals surface area contributed by atoms with Crippen LogP contribution in [0.2, 0.25) is 0 Å². The molecule has 0 bridgehead atoms. The smallest absolute Gasteiger partial charge is 0.318 e. The molecule has 1 atom stereocenters. The summed E-state index contributed by atoms with van der Waals surface area (Å²) in [6.07, 6.45) is 1.21. The number of carbonyl (C=O) groups is 2. The van der Waals surface area contributed by atoms with Crippen LogP contribution in [0.3, 0.4) is 0 Å². The molecule has 1 rings (SSSR count). The Labute approximate surface area is 88.5 Å². The number of imide groups is 1. The first-order valence-electron chi connectivity index (χ1n) is 5.06. The zero-order chi connectivity index (χ0) is 11.3. The van der Waals surface area contributed by atoms with Crippen LogP contribution in [0.1, 0.15) is 19.8 Å². The Morgan fingerprint density at radius 2 is 2.07 bits per heavy atom. The lowest BCUT2D eigenvalue weighted by Crippen LogP contribution is -2.44. The third-order valence-electron chi connectivity index (χ3n) is 2.30. The lowest BCUT2D eigenvalue weighted by Gasteiger charge is -2.25. The minimum absolute atomic E-state index is 0.0832. The highest BCUT2D eigenvalue weighted by Crippen LogP contribution is 2.09. The highest BCUT2D eigenvalue weighted by atomic mass is 16.5. The molecular formula is C9H17N3O3. The van der Waals surface area contributed by atoms with Crippen molar-refractivity contribution in [3.8, 4) is 0 Å². The number of piperidine rings is 1. The lowest BCUT2D eigenvalue weighted by molar-refractivity contribution is -0.135. The van der Waals surface area contributed by atoms with Crippen molar-refractivity contribution < 1.29 is 14.3 Å². The molecule has 1 heterocycles. The summed E-state index contributed by atoms with van der Waals surface area (Å²) in [6, 6.07) is -0.847. The summed E-state index contributed by atoms with van der Waals surface area (Å²) in [5.74, 6) is -0.485. The van der Waals surface area contributed by atoms with Gasteiger partial charge in [0, 0.05) is 0 Å². The topological polar surface area (TPSA) is 93.4 Å². The molecule has 6 nitrogen and oxygen atoms in total. The van der Waals surface area contributed by atoms with Crippen molar-refractivity contribution in [2.45, 2.75) is 32.0 Å². The fourth-order valence-corrected chi connectivity index (χ4v) is 1.51. The minimum Gasteiger partial charge on any atom is -0.365 e. The summed E-state index contributed by atoms with van der Waals surface area (Å²) in [5.41, 5.74) is 4.83. The monoisotopic (exact) mass is 215 g/mol. The number of primary amides is 1. The van der Waals surface area contributed by atoms with E-state index < -0.39 is 18.0 Å². The zero-order valence-electron chi connectivity index (χ0n) is 8.79. The van der Waals surface area contributed by atoms with E-state index in [0.717, 1.165) is 25.9 Å².